The fourth-order valence-corrected chi connectivity index (χ4v) is 5.23. The van der Waals surface area contributed by atoms with Gasteiger partial charge in [-0.1, -0.05) is 11.6 Å². The third-order valence-electron chi connectivity index (χ3n) is 5.87. The zero-order chi connectivity index (χ0) is 22.2. The Bertz CT molecular complexity index is 1300. The molecular formula is C18H19ClN6O6S. The fraction of sp³-hybridized carbons (Fsp3) is 0.500. The molecular weight excluding hydrogens is 464 g/mol. The van der Waals surface area contributed by atoms with Gasteiger partial charge in [0.15, 0.2) is 17.6 Å². The first-order chi connectivity index (χ1) is 15.3. The van der Waals surface area contributed by atoms with Crippen LogP contribution in [0.2, 0.25) is 5.02 Å². The van der Waals surface area contributed by atoms with Crippen LogP contribution in [0.3, 0.4) is 0 Å². The van der Waals surface area contributed by atoms with E-state index in [1.54, 1.807) is 12.3 Å². The van der Waals surface area contributed by atoms with Crippen LogP contribution in [0.4, 0.5) is 0 Å². The van der Waals surface area contributed by atoms with Crippen LogP contribution in [0.1, 0.15) is 11.3 Å². The number of aliphatic hydroxyl groups is 1. The zero-order valence-electron chi connectivity index (χ0n) is 16.8. The molecule has 0 aliphatic carbocycles. The Morgan fingerprint density at radius 3 is 2.84 bits per heavy atom. The van der Waals surface area contributed by atoms with Crippen LogP contribution in [-0.4, -0.2) is 86.4 Å². The number of rotatable bonds is 4. The SMILES string of the molecule is CS(=O)(=O)N1Cc2cn(-c3nc4nc(O[C@@H]5CO[C@H]6[C@@H]5OC[C@H]6O)[nH]c4cc3Cl)nc2C1. The molecule has 3 aliphatic rings. The summed E-state index contributed by atoms with van der Waals surface area (Å²) in [7, 11) is -3.29. The molecule has 0 aromatic carbocycles. The molecule has 3 aromatic rings. The van der Waals surface area contributed by atoms with Crippen molar-refractivity contribution in [3.05, 3.63) is 28.5 Å². The number of sulfonamides is 1. The number of nitrogens with one attached hydrogen (secondary N) is 1. The van der Waals surface area contributed by atoms with Crippen molar-refractivity contribution in [2.24, 2.45) is 0 Å². The number of aromatic nitrogens is 5. The Labute approximate surface area is 187 Å². The number of hydrogen-bond donors (Lipinski definition) is 2. The maximum Gasteiger partial charge on any atom is 0.296 e. The van der Waals surface area contributed by atoms with Crippen molar-refractivity contribution < 1.29 is 27.7 Å². The van der Waals surface area contributed by atoms with Crippen LogP contribution in [0, 0.1) is 0 Å². The second-order valence-electron chi connectivity index (χ2n) is 8.10. The van der Waals surface area contributed by atoms with Gasteiger partial charge in [0.25, 0.3) is 6.01 Å². The van der Waals surface area contributed by atoms with Crippen molar-refractivity contribution in [1.29, 1.82) is 0 Å². The standard InChI is InChI=1S/C18H19ClN6O6S/c1-32(27,28)24-3-8-4-25(23-11(8)5-24)17-9(19)2-10-16(21-17)22-18(20-10)31-13-7-30-14-12(26)6-29-15(13)14/h2,4,12-15,26H,3,5-7H2,1H3,(H,20,21,22)/t12-,13-,14-,15-/m1/s1. The molecule has 0 bridgehead atoms. The number of ether oxygens (including phenoxy) is 3. The number of halogens is 1. The third kappa shape index (κ3) is 3.27. The molecule has 6 heterocycles. The van der Waals surface area contributed by atoms with E-state index in [-0.39, 0.29) is 38.4 Å². The molecule has 3 aromatic heterocycles. The molecule has 0 unspecified atom stereocenters. The highest BCUT2D eigenvalue weighted by molar-refractivity contribution is 7.88. The molecule has 170 valence electrons. The minimum absolute atomic E-state index is 0.212. The van der Waals surface area contributed by atoms with Crippen LogP contribution in [-0.2, 0) is 32.6 Å². The van der Waals surface area contributed by atoms with Crippen LogP contribution in [0.5, 0.6) is 6.01 Å². The minimum atomic E-state index is -3.29. The van der Waals surface area contributed by atoms with Crippen LogP contribution in [0.15, 0.2) is 12.3 Å². The van der Waals surface area contributed by atoms with Crippen LogP contribution in [0.25, 0.3) is 17.0 Å². The summed E-state index contributed by atoms with van der Waals surface area (Å²) in [6.45, 7) is 0.971. The van der Waals surface area contributed by atoms with Crippen LogP contribution >= 0.6 is 11.6 Å². The van der Waals surface area contributed by atoms with E-state index in [9.17, 15) is 13.5 Å². The normalized spacial score (nSPS) is 27.8. The Morgan fingerprint density at radius 2 is 2.06 bits per heavy atom. The number of nitrogens with zero attached hydrogens (tertiary/aromatic N) is 5. The Morgan fingerprint density at radius 1 is 1.25 bits per heavy atom. The second-order valence-corrected chi connectivity index (χ2v) is 10.5. The summed E-state index contributed by atoms with van der Waals surface area (Å²) in [6, 6.07) is 1.92. The highest BCUT2D eigenvalue weighted by Crippen LogP contribution is 2.31. The maximum atomic E-state index is 11.8. The van der Waals surface area contributed by atoms with Gasteiger partial charge in [-0.25, -0.2) is 18.1 Å². The average Bonchev–Trinajstić information content (AvgIpc) is 3.49. The van der Waals surface area contributed by atoms with Gasteiger partial charge in [-0.3, -0.25) is 0 Å². The van der Waals surface area contributed by atoms with Gasteiger partial charge in [0.1, 0.15) is 18.3 Å². The Balaban J connectivity index is 1.26. The quantitative estimate of drug-likeness (QED) is 0.523. The number of aromatic amines is 1. The van der Waals surface area contributed by atoms with Crippen molar-refractivity contribution in [1.82, 2.24) is 29.0 Å². The first kappa shape index (κ1) is 20.3. The maximum absolute atomic E-state index is 11.8. The molecule has 2 saturated heterocycles. The molecule has 2 N–H and O–H groups in total. The summed E-state index contributed by atoms with van der Waals surface area (Å²) in [5, 5.41) is 14.7. The van der Waals surface area contributed by atoms with Crippen molar-refractivity contribution in [2.75, 3.05) is 19.5 Å². The van der Waals surface area contributed by atoms with Crippen molar-refractivity contribution in [3.63, 3.8) is 0 Å². The fourth-order valence-electron chi connectivity index (χ4n) is 4.26. The van der Waals surface area contributed by atoms with Gasteiger partial charge >= 0.3 is 0 Å². The molecule has 0 spiro atoms. The lowest BCUT2D eigenvalue weighted by Crippen LogP contribution is -2.34. The van der Waals surface area contributed by atoms with Crippen molar-refractivity contribution in [3.8, 4) is 11.8 Å². The largest absolute Gasteiger partial charge is 0.456 e. The monoisotopic (exact) mass is 482 g/mol. The van der Waals surface area contributed by atoms with E-state index in [4.69, 9.17) is 25.8 Å². The van der Waals surface area contributed by atoms with E-state index in [0.717, 1.165) is 5.56 Å². The van der Waals surface area contributed by atoms with E-state index in [0.29, 0.717) is 27.7 Å². The summed E-state index contributed by atoms with van der Waals surface area (Å²) in [6.07, 6.45) is 1.08. The number of fused-ring (bicyclic) bond motifs is 3. The van der Waals surface area contributed by atoms with Gasteiger partial charge in [0.05, 0.1) is 42.2 Å². The number of aliphatic hydroxyl groups excluding tert-OH is 1. The molecule has 0 saturated carbocycles. The van der Waals surface area contributed by atoms with Crippen molar-refractivity contribution >= 4 is 32.8 Å². The summed E-state index contributed by atoms with van der Waals surface area (Å²) in [4.78, 5) is 11.9. The number of pyridine rings is 1. The predicted molar refractivity (Wildman–Crippen MR) is 110 cm³/mol. The van der Waals surface area contributed by atoms with Gasteiger partial charge in [-0.15, -0.1) is 0 Å². The molecule has 6 rings (SSSR count). The molecule has 12 nitrogen and oxygen atoms in total. The summed E-state index contributed by atoms with van der Waals surface area (Å²) in [5.74, 6) is 0.379. The van der Waals surface area contributed by atoms with Gasteiger partial charge in [0.2, 0.25) is 10.0 Å². The third-order valence-corrected chi connectivity index (χ3v) is 7.34. The Hall–Kier alpha value is -2.29. The molecule has 0 amide bonds. The first-order valence-corrected chi connectivity index (χ1v) is 12.2. The second kappa shape index (κ2) is 7.10. The van der Waals surface area contributed by atoms with Gasteiger partial charge in [0, 0.05) is 18.3 Å². The van der Waals surface area contributed by atoms with E-state index in [1.807, 2.05) is 0 Å². The lowest BCUT2D eigenvalue weighted by Gasteiger charge is -2.15. The first-order valence-electron chi connectivity index (χ1n) is 9.93. The van der Waals surface area contributed by atoms with Gasteiger partial charge in [-0.05, 0) is 6.07 Å². The van der Waals surface area contributed by atoms with Gasteiger partial charge < -0.3 is 24.3 Å². The molecule has 2 fully saturated rings. The number of imidazole rings is 1. The molecule has 4 atom stereocenters. The highest BCUT2D eigenvalue weighted by atomic mass is 35.5. The molecule has 14 heteroatoms. The molecule has 0 radical (unpaired) electrons. The highest BCUT2D eigenvalue weighted by Gasteiger charge is 2.48. The minimum Gasteiger partial charge on any atom is -0.456 e. The summed E-state index contributed by atoms with van der Waals surface area (Å²) >= 11 is 6.44. The van der Waals surface area contributed by atoms with E-state index in [1.165, 1.54) is 15.2 Å². The number of H-pyrrole nitrogens is 1. The zero-order valence-corrected chi connectivity index (χ0v) is 18.4. The van der Waals surface area contributed by atoms with E-state index < -0.39 is 28.3 Å². The lowest BCUT2D eigenvalue weighted by atomic mass is 10.1. The van der Waals surface area contributed by atoms with Crippen LogP contribution < -0.4 is 4.74 Å². The average molecular weight is 483 g/mol. The number of hydrogen-bond acceptors (Lipinski definition) is 9. The lowest BCUT2D eigenvalue weighted by molar-refractivity contribution is 0.00706. The predicted octanol–water partition coefficient (Wildman–Crippen LogP) is -0.0219. The molecule has 3 aliphatic heterocycles. The smallest absolute Gasteiger partial charge is 0.296 e. The molecule has 32 heavy (non-hydrogen) atoms. The van der Waals surface area contributed by atoms with Crippen molar-refractivity contribution in [2.45, 2.75) is 37.5 Å². The summed E-state index contributed by atoms with van der Waals surface area (Å²) < 4.78 is 43.5. The summed E-state index contributed by atoms with van der Waals surface area (Å²) in [5.41, 5.74) is 2.43. The topological polar surface area (TPSA) is 145 Å². The van der Waals surface area contributed by atoms with Gasteiger partial charge in [-0.2, -0.15) is 14.4 Å². The van der Waals surface area contributed by atoms with E-state index >= 15 is 0 Å². The van der Waals surface area contributed by atoms with E-state index in [2.05, 4.69) is 20.1 Å². The Kier molecular flexibility index (Phi) is 4.51.